The summed E-state index contributed by atoms with van der Waals surface area (Å²) >= 11 is 0. The number of benzene rings is 2. The van der Waals surface area contributed by atoms with E-state index < -0.39 is 0 Å². The number of nitrogens with one attached hydrogen (secondary N) is 2. The lowest BCUT2D eigenvalue weighted by molar-refractivity contribution is 1.15. The fourth-order valence-electron chi connectivity index (χ4n) is 2.12. The summed E-state index contributed by atoms with van der Waals surface area (Å²) in [5.41, 5.74) is 10.0. The zero-order chi connectivity index (χ0) is 12.4. The molecule has 1 aromatic heterocycles. The van der Waals surface area contributed by atoms with E-state index in [2.05, 4.69) is 28.5 Å². The molecule has 1 heterocycles. The Hall–Kier alpha value is -2.42. The molecule has 0 saturated heterocycles. The van der Waals surface area contributed by atoms with Crippen molar-refractivity contribution in [2.75, 3.05) is 11.1 Å². The Morgan fingerprint density at radius 3 is 2.83 bits per heavy atom. The maximum Gasteiger partial charge on any atom is 0.0600 e. The van der Waals surface area contributed by atoms with E-state index in [1.165, 1.54) is 10.9 Å². The lowest BCUT2D eigenvalue weighted by Crippen LogP contribution is -1.99. The average Bonchev–Trinajstić information content (AvgIpc) is 2.80. The lowest BCUT2D eigenvalue weighted by Gasteiger charge is -2.05. The second-order valence-electron chi connectivity index (χ2n) is 4.35. The predicted octanol–water partition coefficient (Wildman–Crippen LogP) is 3.36. The zero-order valence-corrected chi connectivity index (χ0v) is 9.98. The smallest absolute Gasteiger partial charge is 0.0600 e. The molecule has 3 aromatic rings. The number of aromatic amines is 1. The van der Waals surface area contributed by atoms with Crippen LogP contribution in [0, 0.1) is 0 Å². The highest BCUT2D eigenvalue weighted by Gasteiger charge is 2.02. The first-order valence-corrected chi connectivity index (χ1v) is 5.97. The third kappa shape index (κ3) is 2.02. The van der Waals surface area contributed by atoms with Gasteiger partial charge in [-0.05, 0) is 23.8 Å². The van der Waals surface area contributed by atoms with Crippen molar-refractivity contribution in [3.05, 3.63) is 60.3 Å². The Bertz CT molecular complexity index is 670. The standard InChI is InChI=1S/C15H15N3/c16-12-5-3-4-11(8-12)9-17-15-10-18-14-7-2-1-6-13(14)15/h1-8,10,17-18H,9,16H2. The predicted molar refractivity (Wildman–Crippen MR) is 76.5 cm³/mol. The third-order valence-electron chi connectivity index (χ3n) is 3.02. The normalized spacial score (nSPS) is 10.7. The molecule has 0 aliphatic heterocycles. The summed E-state index contributed by atoms with van der Waals surface area (Å²) in [7, 11) is 0. The minimum atomic E-state index is 0.771. The van der Waals surface area contributed by atoms with Gasteiger partial charge < -0.3 is 16.0 Å². The van der Waals surface area contributed by atoms with Gasteiger partial charge in [0.15, 0.2) is 0 Å². The van der Waals surface area contributed by atoms with Crippen LogP contribution in [0.25, 0.3) is 10.9 Å². The molecule has 18 heavy (non-hydrogen) atoms. The fourth-order valence-corrected chi connectivity index (χ4v) is 2.12. The van der Waals surface area contributed by atoms with Crippen LogP contribution >= 0.6 is 0 Å². The summed E-state index contributed by atoms with van der Waals surface area (Å²) in [5, 5.41) is 4.63. The van der Waals surface area contributed by atoms with E-state index in [1.54, 1.807) is 0 Å². The minimum absolute atomic E-state index is 0.771. The number of hydrogen-bond donors (Lipinski definition) is 3. The van der Waals surface area contributed by atoms with Crippen molar-refractivity contribution in [3.63, 3.8) is 0 Å². The molecular weight excluding hydrogens is 222 g/mol. The van der Waals surface area contributed by atoms with Gasteiger partial charge in [-0.2, -0.15) is 0 Å². The Kier molecular flexibility index (Phi) is 2.65. The van der Waals surface area contributed by atoms with Crippen molar-refractivity contribution in [2.45, 2.75) is 6.54 Å². The van der Waals surface area contributed by atoms with E-state index >= 15 is 0 Å². The first kappa shape index (κ1) is 10.7. The molecule has 0 fully saturated rings. The number of anilines is 2. The average molecular weight is 237 g/mol. The highest BCUT2D eigenvalue weighted by molar-refractivity contribution is 5.92. The van der Waals surface area contributed by atoms with Crippen LogP contribution in [0.15, 0.2) is 54.7 Å². The Morgan fingerprint density at radius 1 is 1.06 bits per heavy atom. The van der Waals surface area contributed by atoms with Crippen LogP contribution < -0.4 is 11.1 Å². The summed E-state index contributed by atoms with van der Waals surface area (Å²) in [5.74, 6) is 0. The van der Waals surface area contributed by atoms with Crippen LogP contribution in [0.5, 0.6) is 0 Å². The quantitative estimate of drug-likeness (QED) is 0.612. The van der Waals surface area contributed by atoms with Gasteiger partial charge >= 0.3 is 0 Å². The Morgan fingerprint density at radius 2 is 1.94 bits per heavy atom. The molecule has 4 N–H and O–H groups in total. The monoisotopic (exact) mass is 237 g/mol. The molecule has 0 spiro atoms. The molecule has 0 radical (unpaired) electrons. The van der Waals surface area contributed by atoms with Gasteiger partial charge in [0, 0.05) is 29.3 Å². The van der Waals surface area contributed by atoms with Crippen molar-refractivity contribution in [2.24, 2.45) is 0 Å². The number of nitrogen functional groups attached to an aromatic ring is 1. The summed E-state index contributed by atoms with van der Waals surface area (Å²) in [6.45, 7) is 0.771. The maximum atomic E-state index is 5.76. The van der Waals surface area contributed by atoms with Gasteiger partial charge in [0.2, 0.25) is 0 Å². The zero-order valence-electron chi connectivity index (χ0n) is 9.98. The molecule has 0 bridgehead atoms. The topological polar surface area (TPSA) is 53.8 Å². The SMILES string of the molecule is Nc1cccc(CNc2c[nH]c3ccccc23)c1. The molecular formula is C15H15N3. The molecule has 3 heteroatoms. The second-order valence-corrected chi connectivity index (χ2v) is 4.35. The van der Waals surface area contributed by atoms with Crippen LogP contribution in [0.3, 0.4) is 0 Å². The van der Waals surface area contributed by atoms with Crippen molar-refractivity contribution in [1.82, 2.24) is 4.98 Å². The van der Waals surface area contributed by atoms with Crippen LogP contribution in [0.2, 0.25) is 0 Å². The largest absolute Gasteiger partial charge is 0.399 e. The van der Waals surface area contributed by atoms with Gasteiger partial charge in [0.25, 0.3) is 0 Å². The van der Waals surface area contributed by atoms with Gasteiger partial charge in [0.1, 0.15) is 0 Å². The highest BCUT2D eigenvalue weighted by Crippen LogP contribution is 2.23. The number of fused-ring (bicyclic) bond motifs is 1. The van der Waals surface area contributed by atoms with E-state index in [1.807, 2.05) is 36.5 Å². The minimum Gasteiger partial charge on any atom is -0.399 e. The summed E-state index contributed by atoms with van der Waals surface area (Å²) < 4.78 is 0. The molecule has 0 amide bonds. The van der Waals surface area contributed by atoms with Crippen molar-refractivity contribution < 1.29 is 0 Å². The number of rotatable bonds is 3. The molecule has 90 valence electrons. The van der Waals surface area contributed by atoms with Crippen LogP contribution in [-0.4, -0.2) is 4.98 Å². The van der Waals surface area contributed by atoms with Gasteiger partial charge in [0.05, 0.1) is 5.69 Å². The van der Waals surface area contributed by atoms with Crippen molar-refractivity contribution >= 4 is 22.3 Å². The van der Waals surface area contributed by atoms with Crippen LogP contribution in [0.1, 0.15) is 5.56 Å². The molecule has 2 aromatic carbocycles. The van der Waals surface area contributed by atoms with Crippen LogP contribution in [0.4, 0.5) is 11.4 Å². The van der Waals surface area contributed by atoms with E-state index in [4.69, 9.17) is 5.73 Å². The van der Waals surface area contributed by atoms with E-state index in [0.29, 0.717) is 0 Å². The fraction of sp³-hybridized carbons (Fsp3) is 0.0667. The third-order valence-corrected chi connectivity index (χ3v) is 3.02. The molecule has 0 aliphatic rings. The van der Waals surface area contributed by atoms with E-state index in [0.717, 1.165) is 23.4 Å². The first-order chi connectivity index (χ1) is 8.83. The first-order valence-electron chi connectivity index (χ1n) is 5.97. The lowest BCUT2D eigenvalue weighted by atomic mass is 10.2. The number of hydrogen-bond acceptors (Lipinski definition) is 2. The second kappa shape index (κ2) is 4.45. The molecule has 0 unspecified atom stereocenters. The van der Waals surface area contributed by atoms with E-state index in [-0.39, 0.29) is 0 Å². The summed E-state index contributed by atoms with van der Waals surface area (Å²) in [6.07, 6.45) is 2.00. The maximum absolute atomic E-state index is 5.76. The Labute approximate surface area is 106 Å². The number of aromatic nitrogens is 1. The highest BCUT2D eigenvalue weighted by atomic mass is 14.9. The molecule has 0 aliphatic carbocycles. The number of nitrogens with two attached hydrogens (primary N) is 1. The van der Waals surface area contributed by atoms with Crippen molar-refractivity contribution in [1.29, 1.82) is 0 Å². The molecule has 0 atom stereocenters. The van der Waals surface area contributed by atoms with Gasteiger partial charge in [-0.15, -0.1) is 0 Å². The van der Waals surface area contributed by atoms with Gasteiger partial charge in [-0.25, -0.2) is 0 Å². The Balaban J connectivity index is 1.81. The van der Waals surface area contributed by atoms with Gasteiger partial charge in [-0.1, -0.05) is 30.3 Å². The molecule has 3 nitrogen and oxygen atoms in total. The molecule has 3 rings (SSSR count). The number of para-hydroxylation sites is 1. The number of H-pyrrole nitrogens is 1. The van der Waals surface area contributed by atoms with Crippen LogP contribution in [-0.2, 0) is 6.54 Å². The van der Waals surface area contributed by atoms with E-state index in [9.17, 15) is 0 Å². The summed E-state index contributed by atoms with van der Waals surface area (Å²) in [4.78, 5) is 3.25. The summed E-state index contributed by atoms with van der Waals surface area (Å²) in [6, 6.07) is 16.2. The molecule has 0 saturated carbocycles. The van der Waals surface area contributed by atoms with Crippen molar-refractivity contribution in [3.8, 4) is 0 Å². The van der Waals surface area contributed by atoms with Gasteiger partial charge in [-0.3, -0.25) is 0 Å².